The highest BCUT2D eigenvalue weighted by atomic mass is 32.1. The number of hydrogen-bond acceptors (Lipinski definition) is 7. The largest absolute Gasteiger partial charge is 0.377 e. The first-order valence-electron chi connectivity index (χ1n) is 8.10. The van der Waals surface area contributed by atoms with Gasteiger partial charge in [-0.05, 0) is 31.5 Å². The van der Waals surface area contributed by atoms with Gasteiger partial charge in [0.05, 0.1) is 11.1 Å². The predicted octanol–water partition coefficient (Wildman–Crippen LogP) is 2.33. The summed E-state index contributed by atoms with van der Waals surface area (Å²) < 4.78 is 4.96. The maximum atomic E-state index is 12.6. The van der Waals surface area contributed by atoms with E-state index in [0.29, 0.717) is 28.7 Å². The highest BCUT2D eigenvalue weighted by molar-refractivity contribution is 7.15. The first kappa shape index (κ1) is 18.2. The van der Waals surface area contributed by atoms with Crippen LogP contribution in [0.1, 0.15) is 56.3 Å². The molecule has 0 fully saturated rings. The number of carbonyl (C=O) groups is 3. The van der Waals surface area contributed by atoms with Gasteiger partial charge in [-0.3, -0.25) is 24.6 Å². The summed E-state index contributed by atoms with van der Waals surface area (Å²) in [5.74, 6) is -1.11. The summed E-state index contributed by atoms with van der Waals surface area (Å²) in [6, 6.07) is 4.30. The van der Waals surface area contributed by atoms with Crippen LogP contribution >= 0.6 is 11.3 Å². The van der Waals surface area contributed by atoms with Gasteiger partial charge in [-0.1, -0.05) is 18.3 Å². The number of aromatic nitrogens is 2. The number of benzene rings is 1. The van der Waals surface area contributed by atoms with Crippen molar-refractivity contribution in [2.45, 2.75) is 32.9 Å². The Morgan fingerprint density at radius 2 is 2.00 bits per heavy atom. The molecule has 1 aliphatic heterocycles. The SMILES string of the molecule is CC[C@H](C)N1C(=O)c2ccc(C(=O)Nc3nnc(COC)s3)cc2C1=O. The molecule has 2 heterocycles. The van der Waals surface area contributed by atoms with Crippen LogP contribution in [0, 0.1) is 0 Å². The molecule has 26 heavy (non-hydrogen) atoms. The van der Waals surface area contributed by atoms with Crippen LogP contribution in [0.3, 0.4) is 0 Å². The van der Waals surface area contributed by atoms with E-state index in [1.165, 1.54) is 34.4 Å². The van der Waals surface area contributed by atoms with E-state index in [9.17, 15) is 14.4 Å². The Bertz CT molecular complexity index is 879. The number of imide groups is 1. The number of carbonyl (C=O) groups excluding carboxylic acids is 3. The Labute approximate surface area is 154 Å². The molecule has 3 amide bonds. The van der Waals surface area contributed by atoms with Crippen molar-refractivity contribution in [1.82, 2.24) is 15.1 Å². The van der Waals surface area contributed by atoms with Crippen LogP contribution in [0.4, 0.5) is 5.13 Å². The lowest BCUT2D eigenvalue weighted by atomic mass is 10.1. The van der Waals surface area contributed by atoms with Gasteiger partial charge in [-0.2, -0.15) is 0 Å². The zero-order chi connectivity index (χ0) is 18.8. The van der Waals surface area contributed by atoms with Gasteiger partial charge in [-0.15, -0.1) is 10.2 Å². The number of fused-ring (bicyclic) bond motifs is 1. The molecule has 8 nitrogen and oxygen atoms in total. The monoisotopic (exact) mass is 374 g/mol. The maximum Gasteiger partial charge on any atom is 0.261 e. The van der Waals surface area contributed by atoms with Crippen molar-refractivity contribution in [2.24, 2.45) is 0 Å². The molecule has 0 radical (unpaired) electrons. The molecule has 1 N–H and O–H groups in total. The first-order chi connectivity index (χ1) is 12.5. The second kappa shape index (κ2) is 7.30. The Hall–Kier alpha value is -2.65. The third-order valence-electron chi connectivity index (χ3n) is 4.17. The van der Waals surface area contributed by atoms with E-state index >= 15 is 0 Å². The molecule has 0 aliphatic carbocycles. The lowest BCUT2D eigenvalue weighted by molar-refractivity contribution is 0.0593. The van der Waals surface area contributed by atoms with Crippen LogP contribution in [0.5, 0.6) is 0 Å². The van der Waals surface area contributed by atoms with Crippen molar-refractivity contribution in [3.63, 3.8) is 0 Å². The van der Waals surface area contributed by atoms with E-state index in [0.717, 1.165) is 0 Å². The lowest BCUT2D eigenvalue weighted by Crippen LogP contribution is -2.37. The molecule has 1 aliphatic rings. The number of hydrogen-bond donors (Lipinski definition) is 1. The van der Waals surface area contributed by atoms with Crippen LogP contribution in [-0.4, -0.2) is 46.0 Å². The summed E-state index contributed by atoms with van der Waals surface area (Å²) in [5.41, 5.74) is 0.852. The van der Waals surface area contributed by atoms with Crippen molar-refractivity contribution in [3.05, 3.63) is 39.9 Å². The summed E-state index contributed by atoms with van der Waals surface area (Å²) in [5, 5.41) is 11.4. The van der Waals surface area contributed by atoms with E-state index in [2.05, 4.69) is 15.5 Å². The normalized spacial score (nSPS) is 14.5. The summed E-state index contributed by atoms with van der Waals surface area (Å²) >= 11 is 1.21. The average molecular weight is 374 g/mol. The fraction of sp³-hybridized carbons (Fsp3) is 0.353. The molecule has 0 saturated carbocycles. The van der Waals surface area contributed by atoms with Gasteiger partial charge in [0.2, 0.25) is 5.13 Å². The Balaban J connectivity index is 1.81. The van der Waals surface area contributed by atoms with Crippen LogP contribution in [0.25, 0.3) is 0 Å². The Morgan fingerprint density at radius 1 is 1.27 bits per heavy atom. The zero-order valence-corrected chi connectivity index (χ0v) is 15.4. The van der Waals surface area contributed by atoms with E-state index in [1.807, 2.05) is 13.8 Å². The fourth-order valence-electron chi connectivity index (χ4n) is 2.64. The van der Waals surface area contributed by atoms with Crippen molar-refractivity contribution >= 4 is 34.2 Å². The summed E-state index contributed by atoms with van der Waals surface area (Å²) in [7, 11) is 1.55. The minimum Gasteiger partial charge on any atom is -0.377 e. The van der Waals surface area contributed by atoms with E-state index in [1.54, 1.807) is 7.11 Å². The smallest absolute Gasteiger partial charge is 0.261 e. The molecule has 136 valence electrons. The third-order valence-corrected chi connectivity index (χ3v) is 4.98. The minimum atomic E-state index is -0.421. The van der Waals surface area contributed by atoms with E-state index in [-0.39, 0.29) is 29.0 Å². The molecular formula is C17H18N4O4S. The number of nitrogens with one attached hydrogen (secondary N) is 1. The Morgan fingerprint density at radius 3 is 2.69 bits per heavy atom. The van der Waals surface area contributed by atoms with Crippen molar-refractivity contribution < 1.29 is 19.1 Å². The first-order valence-corrected chi connectivity index (χ1v) is 8.92. The van der Waals surface area contributed by atoms with Crippen LogP contribution in [0.2, 0.25) is 0 Å². The van der Waals surface area contributed by atoms with Gasteiger partial charge < -0.3 is 4.74 Å². The number of amides is 3. The molecule has 3 rings (SSSR count). The van der Waals surface area contributed by atoms with Gasteiger partial charge in [0, 0.05) is 18.7 Å². The van der Waals surface area contributed by atoms with Crippen molar-refractivity contribution in [1.29, 1.82) is 0 Å². The van der Waals surface area contributed by atoms with Crippen molar-refractivity contribution in [2.75, 3.05) is 12.4 Å². The summed E-state index contributed by atoms with van der Waals surface area (Å²) in [6.45, 7) is 4.05. The highest BCUT2D eigenvalue weighted by Gasteiger charge is 2.38. The molecule has 0 unspecified atom stereocenters. The summed E-state index contributed by atoms with van der Waals surface area (Å²) in [4.78, 5) is 38.6. The number of methoxy groups -OCH3 is 1. The molecule has 0 bridgehead atoms. The second-order valence-corrected chi connectivity index (χ2v) is 6.95. The fourth-order valence-corrected chi connectivity index (χ4v) is 3.35. The van der Waals surface area contributed by atoms with E-state index < -0.39 is 5.91 Å². The quantitative estimate of drug-likeness (QED) is 0.779. The molecule has 1 aromatic carbocycles. The maximum absolute atomic E-state index is 12.6. The molecule has 2 aromatic rings. The molecular weight excluding hydrogens is 356 g/mol. The molecule has 1 aromatic heterocycles. The average Bonchev–Trinajstić information content (AvgIpc) is 3.17. The molecule has 0 saturated heterocycles. The zero-order valence-electron chi connectivity index (χ0n) is 14.6. The van der Waals surface area contributed by atoms with Crippen LogP contribution < -0.4 is 5.32 Å². The number of anilines is 1. The van der Waals surface area contributed by atoms with Gasteiger partial charge in [0.15, 0.2) is 0 Å². The highest BCUT2D eigenvalue weighted by Crippen LogP contribution is 2.27. The second-order valence-electron chi connectivity index (χ2n) is 5.89. The van der Waals surface area contributed by atoms with Crippen molar-refractivity contribution in [3.8, 4) is 0 Å². The number of rotatable bonds is 6. The number of ether oxygens (including phenoxy) is 1. The van der Waals surface area contributed by atoms with Gasteiger partial charge in [0.25, 0.3) is 17.7 Å². The predicted molar refractivity (Wildman–Crippen MR) is 95.3 cm³/mol. The third kappa shape index (κ3) is 3.23. The topological polar surface area (TPSA) is 101 Å². The van der Waals surface area contributed by atoms with Crippen LogP contribution in [-0.2, 0) is 11.3 Å². The van der Waals surface area contributed by atoms with E-state index in [4.69, 9.17) is 4.74 Å². The molecule has 9 heteroatoms. The summed E-state index contributed by atoms with van der Waals surface area (Å²) in [6.07, 6.45) is 0.666. The van der Waals surface area contributed by atoms with Gasteiger partial charge >= 0.3 is 0 Å². The molecule has 0 spiro atoms. The minimum absolute atomic E-state index is 0.194. The molecule has 1 atom stereocenters. The van der Waals surface area contributed by atoms with Gasteiger partial charge in [-0.25, -0.2) is 0 Å². The van der Waals surface area contributed by atoms with Gasteiger partial charge in [0.1, 0.15) is 11.6 Å². The number of nitrogens with zero attached hydrogens (tertiary/aromatic N) is 3. The van der Waals surface area contributed by atoms with Crippen LogP contribution in [0.15, 0.2) is 18.2 Å². The lowest BCUT2D eigenvalue weighted by Gasteiger charge is -2.20. The standard InChI is InChI=1S/C17H18N4O4S/c1-4-9(2)21-15(23)11-6-5-10(7-12(11)16(21)24)14(22)18-17-20-19-13(26-17)8-25-3/h5-7,9H,4,8H2,1-3H3,(H,18,20,22)/t9-/m0/s1. The Kier molecular flexibility index (Phi) is 5.10.